The summed E-state index contributed by atoms with van der Waals surface area (Å²) in [6.07, 6.45) is 3.89. The Balaban J connectivity index is 2.17. The molecule has 1 N–H and O–H groups in total. The summed E-state index contributed by atoms with van der Waals surface area (Å²) in [5.74, 6) is 0. The lowest BCUT2D eigenvalue weighted by molar-refractivity contribution is 0.0486. The van der Waals surface area contributed by atoms with Crippen LogP contribution in [0.4, 0.5) is 0 Å². The van der Waals surface area contributed by atoms with Crippen molar-refractivity contribution in [2.75, 3.05) is 39.3 Å². The van der Waals surface area contributed by atoms with Crippen LogP contribution in [-0.2, 0) is 0 Å². The van der Waals surface area contributed by atoms with E-state index in [1.807, 2.05) is 0 Å². The Morgan fingerprint density at radius 3 is 2.42 bits per heavy atom. The summed E-state index contributed by atoms with van der Waals surface area (Å²) in [6.45, 7) is 12.9. The van der Waals surface area contributed by atoms with Crippen LogP contribution < -0.4 is 5.32 Å². The maximum atomic E-state index is 8.85. The Kier molecular flexibility index (Phi) is 8.04. The van der Waals surface area contributed by atoms with Crippen molar-refractivity contribution in [3.8, 4) is 6.07 Å². The molecule has 1 aliphatic heterocycles. The molecule has 1 rings (SSSR count). The van der Waals surface area contributed by atoms with Crippen molar-refractivity contribution >= 4 is 0 Å². The minimum Gasteiger partial charge on any atom is -0.317 e. The molecule has 2 unspecified atom stereocenters. The predicted molar refractivity (Wildman–Crippen MR) is 80.1 cm³/mol. The zero-order valence-corrected chi connectivity index (χ0v) is 12.9. The molecule has 1 heterocycles. The van der Waals surface area contributed by atoms with E-state index in [-0.39, 0.29) is 0 Å². The van der Waals surface area contributed by atoms with E-state index in [4.69, 9.17) is 5.26 Å². The Morgan fingerprint density at radius 1 is 1.16 bits per heavy atom. The molecule has 4 nitrogen and oxygen atoms in total. The van der Waals surface area contributed by atoms with E-state index in [9.17, 15) is 0 Å². The fraction of sp³-hybridized carbons (Fsp3) is 0.933. The van der Waals surface area contributed by atoms with E-state index in [0.29, 0.717) is 18.6 Å². The van der Waals surface area contributed by atoms with Gasteiger partial charge in [-0.1, -0.05) is 13.3 Å². The molecule has 1 saturated heterocycles. The number of nitriles is 1. The molecule has 0 amide bonds. The number of nitrogens with zero attached hydrogens (tertiary/aromatic N) is 3. The molecule has 1 aliphatic rings. The van der Waals surface area contributed by atoms with Crippen LogP contribution in [0.15, 0.2) is 0 Å². The van der Waals surface area contributed by atoms with Gasteiger partial charge in [0, 0.05) is 25.2 Å². The van der Waals surface area contributed by atoms with Gasteiger partial charge in [-0.25, -0.2) is 0 Å². The molecule has 0 aliphatic carbocycles. The van der Waals surface area contributed by atoms with Crippen LogP contribution in [0.1, 0.15) is 40.0 Å². The van der Waals surface area contributed by atoms with Crippen LogP contribution in [0.25, 0.3) is 0 Å². The smallest absolute Gasteiger partial charge is 0.0871 e. The van der Waals surface area contributed by atoms with Crippen molar-refractivity contribution < 1.29 is 0 Å². The molecular formula is C15H30N4. The Bertz CT molecular complexity index is 262. The highest BCUT2D eigenvalue weighted by Crippen LogP contribution is 2.15. The van der Waals surface area contributed by atoms with Crippen LogP contribution >= 0.6 is 0 Å². The number of unbranched alkanes of at least 4 members (excludes halogenated alkanes) is 2. The molecular weight excluding hydrogens is 236 g/mol. The van der Waals surface area contributed by atoms with Crippen molar-refractivity contribution in [2.24, 2.45) is 0 Å². The molecule has 110 valence electrons. The third kappa shape index (κ3) is 5.90. The van der Waals surface area contributed by atoms with Crippen molar-refractivity contribution in [3.63, 3.8) is 0 Å². The van der Waals surface area contributed by atoms with Gasteiger partial charge in [0.2, 0.25) is 0 Å². The van der Waals surface area contributed by atoms with Crippen LogP contribution in [0.2, 0.25) is 0 Å². The molecule has 1 fully saturated rings. The van der Waals surface area contributed by atoms with E-state index < -0.39 is 0 Å². The predicted octanol–water partition coefficient (Wildman–Crippen LogP) is 1.68. The van der Waals surface area contributed by atoms with Gasteiger partial charge in [0.15, 0.2) is 0 Å². The van der Waals surface area contributed by atoms with E-state index in [2.05, 4.69) is 42.0 Å². The van der Waals surface area contributed by atoms with E-state index in [0.717, 1.165) is 26.2 Å². The van der Waals surface area contributed by atoms with Crippen molar-refractivity contribution in [1.29, 1.82) is 5.26 Å². The fourth-order valence-electron chi connectivity index (χ4n) is 2.98. The molecule has 0 radical (unpaired) electrons. The van der Waals surface area contributed by atoms with Crippen LogP contribution in [-0.4, -0.2) is 61.2 Å². The average Bonchev–Trinajstić information content (AvgIpc) is 2.38. The molecule has 0 bridgehead atoms. The highest BCUT2D eigenvalue weighted by molar-refractivity contribution is 4.89. The SMILES string of the molecule is CCNCCCCCN1CC(C)N(CC#N)C(C)C1. The fourth-order valence-corrected chi connectivity index (χ4v) is 2.98. The summed E-state index contributed by atoms with van der Waals surface area (Å²) >= 11 is 0. The summed E-state index contributed by atoms with van der Waals surface area (Å²) in [5.41, 5.74) is 0. The third-order valence-electron chi connectivity index (χ3n) is 4.01. The van der Waals surface area contributed by atoms with E-state index in [1.54, 1.807) is 0 Å². The second-order valence-corrected chi connectivity index (χ2v) is 5.70. The van der Waals surface area contributed by atoms with Crippen LogP contribution in [0, 0.1) is 11.3 Å². The standard InChI is InChI=1S/C15H30N4/c1-4-17-9-6-5-7-10-18-12-14(2)19(11-8-16)15(3)13-18/h14-15,17H,4-7,9-13H2,1-3H3. The van der Waals surface area contributed by atoms with Crippen molar-refractivity contribution in [2.45, 2.75) is 52.1 Å². The summed E-state index contributed by atoms with van der Waals surface area (Å²) in [5, 5.41) is 12.2. The first kappa shape index (κ1) is 16.4. The number of hydrogen-bond acceptors (Lipinski definition) is 4. The quantitative estimate of drug-likeness (QED) is 0.536. The van der Waals surface area contributed by atoms with Crippen molar-refractivity contribution in [3.05, 3.63) is 0 Å². The minimum atomic E-state index is 0.505. The lowest BCUT2D eigenvalue weighted by Gasteiger charge is -2.43. The summed E-state index contributed by atoms with van der Waals surface area (Å²) in [7, 11) is 0. The first-order valence-corrected chi connectivity index (χ1v) is 7.74. The van der Waals surface area contributed by atoms with Gasteiger partial charge in [-0.05, 0) is 46.3 Å². The first-order valence-electron chi connectivity index (χ1n) is 7.74. The highest BCUT2D eigenvalue weighted by Gasteiger charge is 2.28. The van der Waals surface area contributed by atoms with Gasteiger partial charge in [-0.2, -0.15) is 5.26 Å². The van der Waals surface area contributed by atoms with Crippen LogP contribution in [0.5, 0.6) is 0 Å². The lowest BCUT2D eigenvalue weighted by Crippen LogP contribution is -2.56. The third-order valence-corrected chi connectivity index (χ3v) is 4.01. The first-order chi connectivity index (χ1) is 9.19. The van der Waals surface area contributed by atoms with Gasteiger partial charge in [0.1, 0.15) is 0 Å². The molecule has 0 saturated carbocycles. The number of rotatable bonds is 8. The molecule has 19 heavy (non-hydrogen) atoms. The second kappa shape index (κ2) is 9.30. The Labute approximate surface area is 118 Å². The van der Waals surface area contributed by atoms with Gasteiger partial charge < -0.3 is 10.2 Å². The van der Waals surface area contributed by atoms with Gasteiger partial charge in [-0.3, -0.25) is 4.90 Å². The van der Waals surface area contributed by atoms with Crippen LogP contribution in [0.3, 0.4) is 0 Å². The topological polar surface area (TPSA) is 42.3 Å². The highest BCUT2D eigenvalue weighted by atomic mass is 15.3. The van der Waals surface area contributed by atoms with Gasteiger partial charge >= 0.3 is 0 Å². The zero-order valence-electron chi connectivity index (χ0n) is 12.9. The molecule has 2 atom stereocenters. The minimum absolute atomic E-state index is 0.505. The number of hydrogen-bond donors (Lipinski definition) is 1. The molecule has 0 aromatic rings. The molecule has 0 spiro atoms. The summed E-state index contributed by atoms with van der Waals surface area (Å²) in [6, 6.07) is 3.29. The van der Waals surface area contributed by atoms with Crippen molar-refractivity contribution in [1.82, 2.24) is 15.1 Å². The largest absolute Gasteiger partial charge is 0.317 e. The molecule has 0 aromatic heterocycles. The number of nitrogens with one attached hydrogen (secondary N) is 1. The molecule has 4 heteroatoms. The normalized spacial score (nSPS) is 25.4. The summed E-state index contributed by atoms with van der Waals surface area (Å²) in [4.78, 5) is 4.89. The maximum absolute atomic E-state index is 8.85. The van der Waals surface area contributed by atoms with Gasteiger partial charge in [0.25, 0.3) is 0 Å². The van der Waals surface area contributed by atoms with E-state index >= 15 is 0 Å². The summed E-state index contributed by atoms with van der Waals surface area (Å²) < 4.78 is 0. The van der Waals surface area contributed by atoms with E-state index in [1.165, 1.54) is 25.8 Å². The Hall–Kier alpha value is -0.630. The van der Waals surface area contributed by atoms with Gasteiger partial charge in [0.05, 0.1) is 12.6 Å². The maximum Gasteiger partial charge on any atom is 0.0871 e. The second-order valence-electron chi connectivity index (χ2n) is 5.70. The number of piperazine rings is 1. The monoisotopic (exact) mass is 266 g/mol. The Morgan fingerprint density at radius 2 is 1.84 bits per heavy atom. The molecule has 0 aromatic carbocycles. The lowest BCUT2D eigenvalue weighted by atomic mass is 10.1. The zero-order chi connectivity index (χ0) is 14.1. The van der Waals surface area contributed by atoms with Gasteiger partial charge in [-0.15, -0.1) is 0 Å². The average molecular weight is 266 g/mol.